The highest BCUT2D eigenvalue weighted by molar-refractivity contribution is 7.98. The van der Waals surface area contributed by atoms with E-state index in [0.29, 0.717) is 22.3 Å². The van der Waals surface area contributed by atoms with Gasteiger partial charge in [0.15, 0.2) is 16.1 Å². The average Bonchev–Trinajstić information content (AvgIpc) is 3.45. The minimum Gasteiger partial charge on any atom is -0.495 e. The third-order valence-corrected chi connectivity index (χ3v) is 6.66. The van der Waals surface area contributed by atoms with E-state index in [4.69, 9.17) is 9.72 Å². The molecule has 0 saturated heterocycles. The smallest absolute Gasteiger partial charge is 0.230 e. The second-order valence-electron chi connectivity index (χ2n) is 6.85. The second kappa shape index (κ2) is 9.97. The first-order chi connectivity index (χ1) is 15.6. The van der Waals surface area contributed by atoms with Crippen molar-refractivity contribution in [3.8, 4) is 17.1 Å². The molecule has 0 saturated carbocycles. The van der Waals surface area contributed by atoms with Crippen LogP contribution in [0.3, 0.4) is 0 Å². The Morgan fingerprint density at radius 2 is 1.88 bits per heavy atom. The number of carbonyl (C=O) groups excluding carboxylic acids is 1. The van der Waals surface area contributed by atoms with Crippen molar-refractivity contribution < 1.29 is 9.53 Å². The van der Waals surface area contributed by atoms with Crippen molar-refractivity contribution in [1.29, 1.82) is 0 Å². The van der Waals surface area contributed by atoms with E-state index in [1.54, 1.807) is 23.8 Å². The number of thioether (sulfide) groups is 1. The number of nitrogens with zero attached hydrogens (tertiary/aromatic N) is 5. The lowest BCUT2D eigenvalue weighted by molar-refractivity contribution is -0.115. The van der Waals surface area contributed by atoms with Crippen molar-refractivity contribution in [3.63, 3.8) is 0 Å². The SMILES string of the molecule is CCn1c(SCc2csc(N(C(C)=O)c3ccccc3OC)n2)nnc1-c1ccccc1. The number of para-hydroxylation sites is 2. The van der Waals surface area contributed by atoms with Crippen molar-refractivity contribution in [2.75, 3.05) is 12.0 Å². The van der Waals surface area contributed by atoms with Gasteiger partial charge in [-0.2, -0.15) is 0 Å². The van der Waals surface area contributed by atoms with Gasteiger partial charge in [0.2, 0.25) is 5.91 Å². The number of aromatic nitrogens is 4. The molecule has 7 nitrogen and oxygen atoms in total. The Bertz CT molecular complexity index is 1210. The van der Waals surface area contributed by atoms with E-state index < -0.39 is 0 Å². The van der Waals surface area contributed by atoms with Crippen LogP contribution in [0.25, 0.3) is 11.4 Å². The van der Waals surface area contributed by atoms with Gasteiger partial charge in [0.05, 0.1) is 18.5 Å². The molecule has 32 heavy (non-hydrogen) atoms. The van der Waals surface area contributed by atoms with E-state index >= 15 is 0 Å². The highest BCUT2D eigenvalue weighted by Gasteiger charge is 2.21. The first-order valence-corrected chi connectivity index (χ1v) is 12.0. The highest BCUT2D eigenvalue weighted by atomic mass is 32.2. The lowest BCUT2D eigenvalue weighted by atomic mass is 10.2. The number of anilines is 2. The number of hydrogen-bond donors (Lipinski definition) is 0. The summed E-state index contributed by atoms with van der Waals surface area (Å²) in [7, 11) is 1.59. The van der Waals surface area contributed by atoms with Crippen LogP contribution < -0.4 is 9.64 Å². The summed E-state index contributed by atoms with van der Waals surface area (Å²) < 4.78 is 7.54. The molecular weight excluding hydrogens is 442 g/mol. The molecule has 9 heteroatoms. The lowest BCUT2D eigenvalue weighted by Crippen LogP contribution is -2.23. The third kappa shape index (κ3) is 4.53. The van der Waals surface area contributed by atoms with Crippen molar-refractivity contribution in [3.05, 3.63) is 65.7 Å². The molecule has 1 amide bonds. The molecule has 164 valence electrons. The van der Waals surface area contributed by atoms with Crippen LogP contribution in [0.4, 0.5) is 10.8 Å². The number of hydrogen-bond acceptors (Lipinski definition) is 7. The maximum Gasteiger partial charge on any atom is 0.230 e. The summed E-state index contributed by atoms with van der Waals surface area (Å²) in [4.78, 5) is 18.7. The van der Waals surface area contributed by atoms with Gasteiger partial charge in [0, 0.05) is 30.2 Å². The molecule has 2 heterocycles. The summed E-state index contributed by atoms with van der Waals surface area (Å²) in [6.45, 7) is 4.38. The van der Waals surface area contributed by atoms with Gasteiger partial charge < -0.3 is 9.30 Å². The van der Waals surface area contributed by atoms with Crippen LogP contribution in [0.1, 0.15) is 19.5 Å². The number of thiazole rings is 1. The number of benzene rings is 2. The van der Waals surface area contributed by atoms with Crippen molar-refractivity contribution in [2.24, 2.45) is 0 Å². The zero-order valence-corrected chi connectivity index (χ0v) is 19.7. The molecule has 0 bridgehead atoms. The Morgan fingerprint density at radius 3 is 2.59 bits per heavy atom. The van der Waals surface area contributed by atoms with Crippen LogP contribution in [0, 0.1) is 0 Å². The fraction of sp³-hybridized carbons (Fsp3) is 0.217. The topological polar surface area (TPSA) is 73.1 Å². The summed E-state index contributed by atoms with van der Waals surface area (Å²) >= 11 is 3.01. The van der Waals surface area contributed by atoms with Crippen LogP contribution in [-0.4, -0.2) is 32.8 Å². The minimum atomic E-state index is -0.124. The first kappa shape index (κ1) is 22.0. The van der Waals surface area contributed by atoms with Gasteiger partial charge >= 0.3 is 0 Å². The van der Waals surface area contributed by atoms with Gasteiger partial charge in [-0.25, -0.2) is 4.98 Å². The zero-order valence-electron chi connectivity index (χ0n) is 18.1. The second-order valence-corrected chi connectivity index (χ2v) is 8.63. The van der Waals surface area contributed by atoms with Gasteiger partial charge in [0.1, 0.15) is 5.75 Å². The van der Waals surface area contributed by atoms with E-state index in [9.17, 15) is 4.79 Å². The summed E-state index contributed by atoms with van der Waals surface area (Å²) in [6, 6.07) is 17.5. The van der Waals surface area contributed by atoms with Gasteiger partial charge in [-0.1, -0.05) is 54.2 Å². The maximum absolute atomic E-state index is 12.4. The predicted octanol–water partition coefficient (Wildman–Crippen LogP) is 5.41. The van der Waals surface area contributed by atoms with E-state index in [-0.39, 0.29) is 5.91 Å². The van der Waals surface area contributed by atoms with E-state index in [2.05, 4.69) is 21.7 Å². The summed E-state index contributed by atoms with van der Waals surface area (Å²) in [5.74, 6) is 1.98. The number of ether oxygens (including phenoxy) is 1. The molecular formula is C23H23N5O2S2. The Labute approximate surface area is 195 Å². The Kier molecular flexibility index (Phi) is 6.87. The fourth-order valence-corrected chi connectivity index (χ4v) is 5.19. The maximum atomic E-state index is 12.4. The molecule has 0 radical (unpaired) electrons. The fourth-order valence-electron chi connectivity index (χ4n) is 3.31. The molecule has 4 aromatic rings. The molecule has 0 aliphatic heterocycles. The highest BCUT2D eigenvalue weighted by Crippen LogP contribution is 2.36. The third-order valence-electron chi connectivity index (χ3n) is 4.79. The van der Waals surface area contributed by atoms with E-state index in [1.165, 1.54) is 18.3 Å². The van der Waals surface area contributed by atoms with E-state index in [1.807, 2.05) is 60.0 Å². The largest absolute Gasteiger partial charge is 0.495 e. The lowest BCUT2D eigenvalue weighted by Gasteiger charge is -2.20. The standard InChI is InChI=1S/C23H23N5O2S2/c1-4-27-21(17-10-6-5-7-11-17)25-26-23(27)32-15-18-14-31-22(24-18)28(16(2)29)19-12-8-9-13-20(19)30-3/h5-14H,4,15H2,1-3H3. The molecule has 0 unspecified atom stereocenters. The van der Waals surface area contributed by atoms with Crippen LogP contribution in [0.5, 0.6) is 5.75 Å². The molecule has 4 rings (SSSR count). The molecule has 0 aliphatic carbocycles. The minimum absolute atomic E-state index is 0.124. The predicted molar refractivity (Wildman–Crippen MR) is 129 cm³/mol. The molecule has 2 aromatic carbocycles. The van der Waals surface area contributed by atoms with Crippen molar-refractivity contribution in [1.82, 2.24) is 19.7 Å². The quantitative estimate of drug-likeness (QED) is 0.324. The van der Waals surface area contributed by atoms with Gasteiger partial charge in [0.25, 0.3) is 0 Å². The molecule has 0 fully saturated rings. The summed E-state index contributed by atoms with van der Waals surface area (Å²) in [6.07, 6.45) is 0. The number of carbonyl (C=O) groups is 1. The average molecular weight is 466 g/mol. The molecule has 0 atom stereocenters. The van der Waals surface area contributed by atoms with Crippen LogP contribution >= 0.6 is 23.1 Å². The van der Waals surface area contributed by atoms with E-state index in [0.717, 1.165) is 28.8 Å². The first-order valence-electron chi connectivity index (χ1n) is 10.1. The number of rotatable bonds is 8. The Morgan fingerprint density at radius 1 is 1.12 bits per heavy atom. The number of amides is 1. The van der Waals surface area contributed by atoms with Crippen LogP contribution in [-0.2, 0) is 17.1 Å². The van der Waals surface area contributed by atoms with Gasteiger partial charge in [-0.15, -0.1) is 21.5 Å². The van der Waals surface area contributed by atoms with Crippen molar-refractivity contribution in [2.45, 2.75) is 31.3 Å². The van der Waals surface area contributed by atoms with Gasteiger partial charge in [-0.05, 0) is 19.1 Å². The molecule has 0 N–H and O–H groups in total. The monoisotopic (exact) mass is 465 g/mol. The Balaban J connectivity index is 1.54. The van der Waals surface area contributed by atoms with Crippen LogP contribution in [0.15, 0.2) is 65.1 Å². The summed E-state index contributed by atoms with van der Waals surface area (Å²) in [5, 5.41) is 12.2. The van der Waals surface area contributed by atoms with Gasteiger partial charge in [-0.3, -0.25) is 9.69 Å². The number of methoxy groups -OCH3 is 1. The molecule has 0 spiro atoms. The van der Waals surface area contributed by atoms with Crippen molar-refractivity contribution >= 4 is 39.8 Å². The summed E-state index contributed by atoms with van der Waals surface area (Å²) in [5.41, 5.74) is 2.59. The normalized spacial score (nSPS) is 10.8. The van der Waals surface area contributed by atoms with Crippen LogP contribution in [0.2, 0.25) is 0 Å². The molecule has 2 aromatic heterocycles. The molecule has 0 aliphatic rings. The zero-order chi connectivity index (χ0) is 22.5. The Hall–Kier alpha value is -3.17.